The molecule has 4 nitrogen and oxygen atoms in total. The van der Waals surface area contributed by atoms with E-state index in [1.54, 1.807) is 11.8 Å². The van der Waals surface area contributed by atoms with E-state index in [1.165, 1.54) is 0 Å². The fourth-order valence-electron chi connectivity index (χ4n) is 2.19. The number of halogens is 1. The Kier molecular flexibility index (Phi) is 7.99. The Morgan fingerprint density at radius 1 is 1.35 bits per heavy atom. The van der Waals surface area contributed by atoms with Gasteiger partial charge in [-0.15, -0.1) is 24.2 Å². The standard InChI is InChI=1S/C14H21N3OS.ClH/c1-19-13-5-3-2-4-12(13)14(18)16-8-11-17-9-6-15-7-10-17;/h2-5,15H,6-11H2,1H3,(H,16,18);1H. The van der Waals surface area contributed by atoms with Crippen LogP contribution >= 0.6 is 24.2 Å². The van der Waals surface area contributed by atoms with Crippen LogP contribution in [0.25, 0.3) is 0 Å². The van der Waals surface area contributed by atoms with Crippen molar-refractivity contribution in [3.05, 3.63) is 29.8 Å². The molecule has 6 heteroatoms. The monoisotopic (exact) mass is 315 g/mol. The normalized spacial score (nSPS) is 15.4. The lowest BCUT2D eigenvalue weighted by Crippen LogP contribution is -2.46. The first kappa shape index (κ1) is 17.3. The van der Waals surface area contributed by atoms with Crippen LogP contribution in [0.2, 0.25) is 0 Å². The molecule has 2 N–H and O–H groups in total. The van der Waals surface area contributed by atoms with Crippen molar-refractivity contribution in [2.75, 3.05) is 45.5 Å². The summed E-state index contributed by atoms with van der Waals surface area (Å²) >= 11 is 1.61. The van der Waals surface area contributed by atoms with Crippen molar-refractivity contribution >= 4 is 30.1 Å². The summed E-state index contributed by atoms with van der Waals surface area (Å²) in [5.74, 6) is 0.0279. The Labute approximate surface area is 131 Å². The molecule has 1 aliphatic heterocycles. The van der Waals surface area contributed by atoms with E-state index in [-0.39, 0.29) is 18.3 Å². The van der Waals surface area contributed by atoms with Gasteiger partial charge in [0.15, 0.2) is 0 Å². The summed E-state index contributed by atoms with van der Waals surface area (Å²) < 4.78 is 0. The van der Waals surface area contributed by atoms with Gasteiger partial charge in [0, 0.05) is 44.2 Å². The zero-order chi connectivity index (χ0) is 13.5. The SMILES string of the molecule is CSc1ccccc1C(=O)NCCN1CCNCC1.Cl. The first-order chi connectivity index (χ1) is 9.31. The van der Waals surface area contributed by atoms with Crippen LogP contribution in [0.5, 0.6) is 0 Å². The van der Waals surface area contributed by atoms with Crippen molar-refractivity contribution in [2.45, 2.75) is 4.90 Å². The summed E-state index contributed by atoms with van der Waals surface area (Å²) in [6, 6.07) is 7.73. The summed E-state index contributed by atoms with van der Waals surface area (Å²) in [4.78, 5) is 15.5. The van der Waals surface area contributed by atoms with Crippen LogP contribution in [0.1, 0.15) is 10.4 Å². The number of rotatable bonds is 5. The molecule has 0 aromatic heterocycles. The van der Waals surface area contributed by atoms with E-state index in [0.717, 1.165) is 43.2 Å². The average molecular weight is 316 g/mol. The molecule has 1 aromatic rings. The van der Waals surface area contributed by atoms with Gasteiger partial charge in [0.2, 0.25) is 0 Å². The van der Waals surface area contributed by atoms with E-state index in [1.807, 2.05) is 30.5 Å². The summed E-state index contributed by atoms with van der Waals surface area (Å²) in [7, 11) is 0. The highest BCUT2D eigenvalue weighted by Crippen LogP contribution is 2.19. The topological polar surface area (TPSA) is 44.4 Å². The molecule has 1 heterocycles. The molecule has 0 saturated carbocycles. The molecule has 1 fully saturated rings. The van der Waals surface area contributed by atoms with Crippen molar-refractivity contribution in [1.29, 1.82) is 0 Å². The highest BCUT2D eigenvalue weighted by molar-refractivity contribution is 7.98. The van der Waals surface area contributed by atoms with Crippen molar-refractivity contribution in [1.82, 2.24) is 15.5 Å². The predicted octanol–water partition coefficient (Wildman–Crippen LogP) is 1.47. The van der Waals surface area contributed by atoms with Gasteiger partial charge in [-0.1, -0.05) is 12.1 Å². The average Bonchev–Trinajstić information content (AvgIpc) is 2.48. The Morgan fingerprint density at radius 3 is 2.75 bits per heavy atom. The number of nitrogens with one attached hydrogen (secondary N) is 2. The predicted molar refractivity (Wildman–Crippen MR) is 87.1 cm³/mol. The van der Waals surface area contributed by atoms with Crippen LogP contribution in [0, 0.1) is 0 Å². The molecule has 0 radical (unpaired) electrons. The van der Waals surface area contributed by atoms with Gasteiger partial charge in [-0.25, -0.2) is 0 Å². The third-order valence-corrected chi connectivity index (χ3v) is 4.07. The van der Waals surface area contributed by atoms with E-state index < -0.39 is 0 Å². The van der Waals surface area contributed by atoms with E-state index in [2.05, 4.69) is 15.5 Å². The number of hydrogen-bond acceptors (Lipinski definition) is 4. The number of thioether (sulfide) groups is 1. The third-order valence-electron chi connectivity index (χ3n) is 3.27. The highest BCUT2D eigenvalue weighted by Gasteiger charge is 2.12. The van der Waals surface area contributed by atoms with Crippen LogP contribution < -0.4 is 10.6 Å². The fourth-order valence-corrected chi connectivity index (χ4v) is 2.79. The molecule has 1 aromatic carbocycles. The largest absolute Gasteiger partial charge is 0.351 e. The zero-order valence-electron chi connectivity index (χ0n) is 11.7. The molecule has 0 spiro atoms. The van der Waals surface area contributed by atoms with Crippen LogP contribution in [-0.4, -0.2) is 56.3 Å². The van der Waals surface area contributed by atoms with Gasteiger partial charge in [-0.2, -0.15) is 0 Å². The Hall–Kier alpha value is -0.750. The van der Waals surface area contributed by atoms with Crippen LogP contribution in [0.4, 0.5) is 0 Å². The van der Waals surface area contributed by atoms with Crippen molar-refractivity contribution < 1.29 is 4.79 Å². The van der Waals surface area contributed by atoms with Crippen molar-refractivity contribution in [2.24, 2.45) is 0 Å². The lowest BCUT2D eigenvalue weighted by Gasteiger charge is -2.27. The maximum atomic E-state index is 12.1. The van der Waals surface area contributed by atoms with Gasteiger partial charge in [0.25, 0.3) is 5.91 Å². The molecule has 20 heavy (non-hydrogen) atoms. The van der Waals surface area contributed by atoms with Crippen LogP contribution in [0.15, 0.2) is 29.2 Å². The van der Waals surface area contributed by atoms with Crippen molar-refractivity contribution in [3.8, 4) is 0 Å². The Balaban J connectivity index is 0.00000200. The molecule has 1 amide bonds. The quantitative estimate of drug-likeness (QED) is 0.808. The molecular weight excluding hydrogens is 294 g/mol. The van der Waals surface area contributed by atoms with E-state index in [0.29, 0.717) is 6.54 Å². The molecule has 1 aliphatic rings. The maximum absolute atomic E-state index is 12.1. The molecule has 1 saturated heterocycles. The van der Waals surface area contributed by atoms with Gasteiger partial charge >= 0.3 is 0 Å². The smallest absolute Gasteiger partial charge is 0.252 e. The summed E-state index contributed by atoms with van der Waals surface area (Å²) in [5.41, 5.74) is 0.773. The van der Waals surface area contributed by atoms with Crippen LogP contribution in [-0.2, 0) is 0 Å². The van der Waals surface area contributed by atoms with Gasteiger partial charge in [0.05, 0.1) is 5.56 Å². The number of carbonyl (C=O) groups is 1. The summed E-state index contributed by atoms with van der Waals surface area (Å²) in [6.07, 6.45) is 1.99. The fraction of sp³-hybridized carbons (Fsp3) is 0.500. The lowest BCUT2D eigenvalue weighted by atomic mass is 10.2. The molecule has 112 valence electrons. The van der Waals surface area contributed by atoms with Gasteiger partial charge in [0.1, 0.15) is 0 Å². The number of benzene rings is 1. The minimum atomic E-state index is 0. The molecule has 0 aliphatic carbocycles. The molecule has 0 unspecified atom stereocenters. The van der Waals surface area contributed by atoms with Gasteiger partial charge in [-0.3, -0.25) is 9.69 Å². The first-order valence-corrected chi connectivity index (χ1v) is 7.88. The lowest BCUT2D eigenvalue weighted by molar-refractivity contribution is 0.0944. The summed E-state index contributed by atoms with van der Waals surface area (Å²) in [5, 5.41) is 6.33. The van der Waals surface area contributed by atoms with E-state index in [9.17, 15) is 4.79 Å². The van der Waals surface area contributed by atoms with E-state index >= 15 is 0 Å². The van der Waals surface area contributed by atoms with Crippen LogP contribution in [0.3, 0.4) is 0 Å². The Morgan fingerprint density at radius 2 is 2.05 bits per heavy atom. The number of carbonyl (C=O) groups excluding carboxylic acids is 1. The van der Waals surface area contributed by atoms with E-state index in [4.69, 9.17) is 0 Å². The second kappa shape index (κ2) is 9.23. The zero-order valence-corrected chi connectivity index (χ0v) is 13.4. The third kappa shape index (κ3) is 4.98. The minimum Gasteiger partial charge on any atom is -0.351 e. The number of piperazine rings is 1. The number of amides is 1. The molecule has 0 atom stereocenters. The summed E-state index contributed by atoms with van der Waals surface area (Å²) in [6.45, 7) is 5.86. The highest BCUT2D eigenvalue weighted by atomic mass is 35.5. The van der Waals surface area contributed by atoms with Gasteiger partial charge < -0.3 is 10.6 Å². The molecular formula is C14H22ClN3OS. The maximum Gasteiger partial charge on any atom is 0.252 e. The number of hydrogen-bond donors (Lipinski definition) is 2. The van der Waals surface area contributed by atoms with Gasteiger partial charge in [-0.05, 0) is 18.4 Å². The first-order valence-electron chi connectivity index (χ1n) is 6.65. The number of nitrogens with zero attached hydrogens (tertiary/aromatic N) is 1. The Bertz CT molecular complexity index is 425. The molecule has 2 rings (SSSR count). The second-order valence-electron chi connectivity index (χ2n) is 4.55. The minimum absolute atomic E-state index is 0. The molecule has 0 bridgehead atoms. The van der Waals surface area contributed by atoms with Crippen molar-refractivity contribution in [3.63, 3.8) is 0 Å². The second-order valence-corrected chi connectivity index (χ2v) is 5.40.